The van der Waals surface area contributed by atoms with Gasteiger partial charge < -0.3 is 9.47 Å². The van der Waals surface area contributed by atoms with E-state index >= 15 is 0 Å². The van der Waals surface area contributed by atoms with Crippen LogP contribution in [-0.2, 0) is 4.74 Å². The molecule has 0 fully saturated rings. The number of ether oxygens (including phenoxy) is 2. The molecule has 2 rings (SSSR count). The molecule has 78 valence electrons. The van der Waals surface area contributed by atoms with Gasteiger partial charge in [0.05, 0.1) is 0 Å². The van der Waals surface area contributed by atoms with E-state index < -0.39 is 6.23 Å². The van der Waals surface area contributed by atoms with Gasteiger partial charge in [0.15, 0.2) is 0 Å². The van der Waals surface area contributed by atoms with E-state index in [-0.39, 0.29) is 5.17 Å². The van der Waals surface area contributed by atoms with Crippen LogP contribution in [0.25, 0.3) is 0 Å². The molecule has 1 aromatic carbocycles. The monoisotopic (exact) mass is 222 g/mol. The summed E-state index contributed by atoms with van der Waals surface area (Å²) < 4.78 is 10.5. The second-order valence-corrected chi connectivity index (χ2v) is 3.53. The van der Waals surface area contributed by atoms with Crippen molar-refractivity contribution in [2.24, 2.45) is 10.2 Å². The molecule has 0 spiro atoms. The Hall–Kier alpha value is -1.49. The van der Waals surface area contributed by atoms with Crippen molar-refractivity contribution in [3.63, 3.8) is 0 Å². The Morgan fingerprint density at radius 3 is 2.73 bits per heavy atom. The summed E-state index contributed by atoms with van der Waals surface area (Å²) >= 11 is 4.71. The number of thiocarbonyl (C=S) groups is 1. The predicted molar refractivity (Wildman–Crippen MR) is 59.0 cm³/mol. The molecule has 0 aromatic heterocycles. The Morgan fingerprint density at radius 2 is 2.13 bits per heavy atom. The summed E-state index contributed by atoms with van der Waals surface area (Å²) in [5.41, 5.74) is 1.19. The summed E-state index contributed by atoms with van der Waals surface area (Å²) in [5.74, 6) is 0.789. The van der Waals surface area contributed by atoms with E-state index in [4.69, 9.17) is 21.7 Å². The standard InChI is InChI=1S/C10H10N2O2S/c1-7-2-4-8(5-3-7)13-6-9-11-12-10(15)14-9/h2-5,9H,6H2,1H3. The normalized spacial score (nSPS) is 19.0. The van der Waals surface area contributed by atoms with Gasteiger partial charge in [-0.05, 0) is 31.3 Å². The first-order valence-corrected chi connectivity index (χ1v) is 4.96. The largest absolute Gasteiger partial charge is 0.488 e. The van der Waals surface area contributed by atoms with Gasteiger partial charge in [0.1, 0.15) is 12.4 Å². The minimum Gasteiger partial charge on any atom is -0.488 e. The third-order valence-electron chi connectivity index (χ3n) is 1.92. The molecule has 15 heavy (non-hydrogen) atoms. The van der Waals surface area contributed by atoms with Crippen molar-refractivity contribution in [3.05, 3.63) is 29.8 Å². The summed E-state index contributed by atoms with van der Waals surface area (Å²) in [4.78, 5) is 0. The number of hydrogen-bond donors (Lipinski definition) is 0. The van der Waals surface area contributed by atoms with Gasteiger partial charge in [0, 0.05) is 0 Å². The minimum atomic E-state index is -0.404. The molecule has 0 saturated heterocycles. The lowest BCUT2D eigenvalue weighted by Gasteiger charge is -2.08. The molecule has 1 aliphatic rings. The molecule has 1 atom stereocenters. The average Bonchev–Trinajstić information content (AvgIpc) is 2.64. The number of nitrogens with zero attached hydrogens (tertiary/aromatic N) is 2. The molecule has 1 heterocycles. The third kappa shape index (κ3) is 2.73. The van der Waals surface area contributed by atoms with Crippen LogP contribution < -0.4 is 4.74 Å². The predicted octanol–water partition coefficient (Wildman–Crippen LogP) is 2.47. The van der Waals surface area contributed by atoms with Gasteiger partial charge in [0.25, 0.3) is 0 Å². The lowest BCUT2D eigenvalue weighted by atomic mass is 10.2. The van der Waals surface area contributed by atoms with E-state index in [1.165, 1.54) is 5.56 Å². The first-order chi connectivity index (χ1) is 7.24. The smallest absolute Gasteiger partial charge is 0.304 e. The highest BCUT2D eigenvalue weighted by molar-refractivity contribution is 7.80. The number of rotatable bonds is 3. The molecule has 0 radical (unpaired) electrons. The van der Waals surface area contributed by atoms with Gasteiger partial charge >= 0.3 is 5.17 Å². The van der Waals surface area contributed by atoms with E-state index in [0.29, 0.717) is 6.61 Å². The van der Waals surface area contributed by atoms with Crippen molar-refractivity contribution in [1.82, 2.24) is 0 Å². The Kier molecular flexibility index (Phi) is 2.91. The first-order valence-electron chi connectivity index (χ1n) is 4.55. The Balaban J connectivity index is 1.86. The molecular weight excluding hydrogens is 212 g/mol. The summed E-state index contributed by atoms with van der Waals surface area (Å²) in [6.07, 6.45) is -0.404. The quantitative estimate of drug-likeness (QED) is 0.738. The lowest BCUT2D eigenvalue weighted by Crippen LogP contribution is -2.16. The fraction of sp³-hybridized carbons (Fsp3) is 0.300. The Morgan fingerprint density at radius 1 is 1.40 bits per heavy atom. The maximum Gasteiger partial charge on any atom is 0.304 e. The second-order valence-electron chi connectivity index (χ2n) is 3.18. The molecule has 5 heteroatoms. The molecule has 0 aliphatic carbocycles. The van der Waals surface area contributed by atoms with Gasteiger partial charge in [-0.3, -0.25) is 0 Å². The highest BCUT2D eigenvalue weighted by Crippen LogP contribution is 2.14. The maximum atomic E-state index is 5.45. The first kappa shape index (κ1) is 10.0. The van der Waals surface area contributed by atoms with E-state index in [9.17, 15) is 0 Å². The summed E-state index contributed by atoms with van der Waals surface area (Å²) in [6, 6.07) is 7.77. The van der Waals surface area contributed by atoms with Crippen LogP contribution in [0.15, 0.2) is 34.5 Å². The molecular formula is C10H10N2O2S. The van der Waals surface area contributed by atoms with Crippen molar-refractivity contribution in [2.75, 3.05) is 6.61 Å². The number of benzene rings is 1. The zero-order valence-electron chi connectivity index (χ0n) is 8.21. The van der Waals surface area contributed by atoms with Crippen molar-refractivity contribution in [2.45, 2.75) is 13.2 Å². The molecule has 0 bridgehead atoms. The van der Waals surface area contributed by atoms with Gasteiger partial charge in [-0.2, -0.15) is 0 Å². The molecule has 0 saturated carbocycles. The molecule has 1 aliphatic heterocycles. The van der Waals surface area contributed by atoms with Crippen LogP contribution in [0.2, 0.25) is 0 Å². The second kappa shape index (κ2) is 4.35. The van der Waals surface area contributed by atoms with Crippen LogP contribution in [0.5, 0.6) is 5.75 Å². The molecule has 4 nitrogen and oxygen atoms in total. The number of azo groups is 1. The highest BCUT2D eigenvalue weighted by Gasteiger charge is 2.17. The van der Waals surface area contributed by atoms with Gasteiger partial charge in [-0.25, -0.2) is 0 Å². The van der Waals surface area contributed by atoms with E-state index in [2.05, 4.69) is 10.2 Å². The van der Waals surface area contributed by atoms with Crippen molar-refractivity contribution < 1.29 is 9.47 Å². The topological polar surface area (TPSA) is 43.2 Å². The minimum absolute atomic E-state index is 0.174. The van der Waals surface area contributed by atoms with E-state index in [1.807, 2.05) is 31.2 Å². The SMILES string of the molecule is Cc1ccc(OCC2N=NC(=S)O2)cc1. The van der Waals surface area contributed by atoms with Crippen LogP contribution in [0, 0.1) is 6.92 Å². The Labute approximate surface area is 92.9 Å². The summed E-state index contributed by atoms with van der Waals surface area (Å²) in [7, 11) is 0. The van der Waals surface area contributed by atoms with Gasteiger partial charge in [-0.15, -0.1) is 10.2 Å². The average molecular weight is 222 g/mol. The molecule has 0 N–H and O–H groups in total. The number of hydrogen-bond acceptors (Lipinski definition) is 4. The van der Waals surface area contributed by atoms with Crippen molar-refractivity contribution >= 4 is 17.4 Å². The maximum absolute atomic E-state index is 5.45. The lowest BCUT2D eigenvalue weighted by molar-refractivity contribution is 0.140. The van der Waals surface area contributed by atoms with Crippen molar-refractivity contribution in [3.8, 4) is 5.75 Å². The van der Waals surface area contributed by atoms with Crippen molar-refractivity contribution in [1.29, 1.82) is 0 Å². The fourth-order valence-corrected chi connectivity index (χ4v) is 1.30. The zero-order chi connectivity index (χ0) is 10.7. The van der Waals surface area contributed by atoms with Gasteiger partial charge in [-0.1, -0.05) is 17.7 Å². The summed E-state index contributed by atoms with van der Waals surface area (Å²) in [6.45, 7) is 2.35. The summed E-state index contributed by atoms with van der Waals surface area (Å²) in [5, 5.41) is 7.56. The molecule has 0 amide bonds. The zero-order valence-corrected chi connectivity index (χ0v) is 9.03. The fourth-order valence-electron chi connectivity index (χ4n) is 1.14. The van der Waals surface area contributed by atoms with Gasteiger partial charge in [0.2, 0.25) is 6.23 Å². The van der Waals surface area contributed by atoms with Crippen LogP contribution in [0.3, 0.4) is 0 Å². The van der Waals surface area contributed by atoms with E-state index in [0.717, 1.165) is 5.75 Å². The Bertz CT molecular complexity index is 389. The van der Waals surface area contributed by atoms with Crippen LogP contribution in [-0.4, -0.2) is 18.0 Å². The molecule has 1 aromatic rings. The van der Waals surface area contributed by atoms with Crippen LogP contribution >= 0.6 is 12.2 Å². The number of aryl methyl sites for hydroxylation is 1. The highest BCUT2D eigenvalue weighted by atomic mass is 32.1. The third-order valence-corrected chi connectivity index (χ3v) is 2.10. The van der Waals surface area contributed by atoms with Crippen LogP contribution in [0.4, 0.5) is 0 Å². The van der Waals surface area contributed by atoms with E-state index in [1.54, 1.807) is 0 Å². The molecule has 1 unspecified atom stereocenters. The van der Waals surface area contributed by atoms with Crippen LogP contribution in [0.1, 0.15) is 5.56 Å².